The summed E-state index contributed by atoms with van der Waals surface area (Å²) in [7, 11) is 2.01. The summed E-state index contributed by atoms with van der Waals surface area (Å²) in [4.78, 5) is 2.11. The van der Waals surface area contributed by atoms with Crippen molar-refractivity contribution in [3.63, 3.8) is 0 Å². The third-order valence-corrected chi connectivity index (χ3v) is 1.74. The molecule has 0 fully saturated rings. The zero-order valence-corrected chi connectivity index (χ0v) is 7.58. The minimum Gasteiger partial charge on any atom is -0.392 e. The molecule has 0 heterocycles. The Labute approximate surface area is 69.2 Å². The van der Waals surface area contributed by atoms with Gasteiger partial charge in [-0.1, -0.05) is 6.92 Å². The van der Waals surface area contributed by atoms with Crippen LogP contribution in [0.5, 0.6) is 0 Å². The Kier molecular flexibility index (Phi) is 6.51. The van der Waals surface area contributed by atoms with Gasteiger partial charge in [0.2, 0.25) is 0 Å². The van der Waals surface area contributed by atoms with Gasteiger partial charge in [0.25, 0.3) is 0 Å². The maximum atomic E-state index is 9.25. The van der Waals surface area contributed by atoms with E-state index in [0.29, 0.717) is 0 Å². The van der Waals surface area contributed by atoms with E-state index in [1.54, 1.807) is 0 Å². The smallest absolute Gasteiger partial charge is 0.0664 e. The van der Waals surface area contributed by atoms with E-state index in [0.717, 1.165) is 32.5 Å². The van der Waals surface area contributed by atoms with E-state index < -0.39 is 0 Å². The zero-order chi connectivity index (χ0) is 8.69. The molecule has 0 amide bonds. The second-order valence-corrected chi connectivity index (χ2v) is 2.97. The number of nitrogens with two attached hydrogens (primary N) is 1. The van der Waals surface area contributed by atoms with Crippen LogP contribution in [0.25, 0.3) is 0 Å². The van der Waals surface area contributed by atoms with Crippen molar-refractivity contribution in [1.29, 1.82) is 0 Å². The van der Waals surface area contributed by atoms with Gasteiger partial charge in [-0.2, -0.15) is 0 Å². The van der Waals surface area contributed by atoms with Crippen LogP contribution in [0.3, 0.4) is 0 Å². The molecule has 0 aromatic rings. The van der Waals surface area contributed by atoms with E-state index >= 15 is 0 Å². The van der Waals surface area contributed by atoms with Gasteiger partial charge in [-0.05, 0) is 33.0 Å². The third-order valence-electron chi connectivity index (χ3n) is 1.74. The Morgan fingerprint density at radius 1 is 1.55 bits per heavy atom. The van der Waals surface area contributed by atoms with Gasteiger partial charge >= 0.3 is 0 Å². The molecular formula is C8H20N2O. The second-order valence-electron chi connectivity index (χ2n) is 2.97. The lowest BCUT2D eigenvalue weighted by Gasteiger charge is -2.18. The minimum absolute atomic E-state index is 0.183. The Balaban J connectivity index is 3.27. The molecule has 0 aliphatic heterocycles. The van der Waals surface area contributed by atoms with Crippen molar-refractivity contribution in [2.45, 2.75) is 25.9 Å². The molecule has 0 aromatic heterocycles. The van der Waals surface area contributed by atoms with Crippen molar-refractivity contribution in [2.24, 2.45) is 5.73 Å². The molecule has 3 nitrogen and oxygen atoms in total. The van der Waals surface area contributed by atoms with Crippen LogP contribution in [0.2, 0.25) is 0 Å². The molecule has 1 unspecified atom stereocenters. The summed E-state index contributed by atoms with van der Waals surface area (Å²) in [6.45, 7) is 4.46. The quantitative estimate of drug-likeness (QED) is 0.576. The molecule has 0 radical (unpaired) electrons. The summed E-state index contributed by atoms with van der Waals surface area (Å²) in [6, 6.07) is 0. The first-order valence-electron chi connectivity index (χ1n) is 4.27. The third kappa shape index (κ3) is 6.28. The molecule has 0 aliphatic carbocycles. The molecule has 1 atom stereocenters. The number of aliphatic hydroxyl groups excluding tert-OH is 1. The number of nitrogens with zero attached hydrogens (tertiary/aromatic N) is 1. The monoisotopic (exact) mass is 160 g/mol. The summed E-state index contributed by atoms with van der Waals surface area (Å²) >= 11 is 0. The first-order chi connectivity index (χ1) is 5.20. The van der Waals surface area contributed by atoms with Gasteiger partial charge in [0, 0.05) is 6.54 Å². The molecule has 0 aromatic carbocycles. The van der Waals surface area contributed by atoms with Gasteiger partial charge in [-0.15, -0.1) is 0 Å². The number of aliphatic hydroxyl groups is 1. The molecule has 68 valence electrons. The fraction of sp³-hybridized carbons (Fsp3) is 1.00. The second kappa shape index (κ2) is 6.58. The molecular weight excluding hydrogens is 140 g/mol. The highest BCUT2D eigenvalue weighted by Crippen LogP contribution is 1.94. The van der Waals surface area contributed by atoms with Crippen LogP contribution in [0.15, 0.2) is 0 Å². The first kappa shape index (κ1) is 10.9. The van der Waals surface area contributed by atoms with Crippen molar-refractivity contribution < 1.29 is 5.11 Å². The summed E-state index contributed by atoms with van der Waals surface area (Å²) in [5.74, 6) is 0. The van der Waals surface area contributed by atoms with Crippen LogP contribution in [0.1, 0.15) is 19.8 Å². The SMILES string of the molecule is CCC(O)CN(C)CCCN. The molecule has 11 heavy (non-hydrogen) atoms. The van der Waals surface area contributed by atoms with E-state index in [-0.39, 0.29) is 6.10 Å². The Bertz CT molecular complexity index is 88.2. The van der Waals surface area contributed by atoms with E-state index in [2.05, 4.69) is 4.90 Å². The van der Waals surface area contributed by atoms with Gasteiger partial charge in [0.05, 0.1) is 6.10 Å². The van der Waals surface area contributed by atoms with Crippen LogP contribution in [0, 0.1) is 0 Å². The zero-order valence-electron chi connectivity index (χ0n) is 7.58. The fourth-order valence-electron chi connectivity index (χ4n) is 0.941. The summed E-state index contributed by atoms with van der Waals surface area (Å²) in [6.07, 6.45) is 1.65. The number of likely N-dealkylation sites (N-methyl/N-ethyl adjacent to an activating group) is 1. The largest absolute Gasteiger partial charge is 0.392 e. The van der Waals surface area contributed by atoms with E-state index in [1.165, 1.54) is 0 Å². The fourth-order valence-corrected chi connectivity index (χ4v) is 0.941. The molecule has 0 aliphatic rings. The molecule has 0 saturated heterocycles. The molecule has 3 N–H and O–H groups in total. The Morgan fingerprint density at radius 3 is 2.64 bits per heavy atom. The molecule has 3 heteroatoms. The number of hydrogen-bond acceptors (Lipinski definition) is 3. The van der Waals surface area contributed by atoms with Gasteiger partial charge in [0.1, 0.15) is 0 Å². The molecule has 0 saturated carbocycles. The normalized spacial score (nSPS) is 13.9. The van der Waals surface area contributed by atoms with E-state index in [4.69, 9.17) is 5.73 Å². The van der Waals surface area contributed by atoms with E-state index in [9.17, 15) is 5.11 Å². The highest BCUT2D eigenvalue weighted by molar-refractivity contribution is 4.59. The van der Waals surface area contributed by atoms with Crippen molar-refractivity contribution in [1.82, 2.24) is 4.90 Å². The summed E-state index contributed by atoms with van der Waals surface area (Å²) < 4.78 is 0. The molecule has 0 spiro atoms. The summed E-state index contributed by atoms with van der Waals surface area (Å²) in [5, 5.41) is 9.25. The van der Waals surface area contributed by atoms with E-state index in [1.807, 2.05) is 14.0 Å². The van der Waals surface area contributed by atoms with Gasteiger partial charge in [0.15, 0.2) is 0 Å². The van der Waals surface area contributed by atoms with Crippen LogP contribution < -0.4 is 5.73 Å². The van der Waals surface area contributed by atoms with Crippen molar-refractivity contribution in [3.05, 3.63) is 0 Å². The summed E-state index contributed by atoms with van der Waals surface area (Å²) in [5.41, 5.74) is 5.35. The lowest BCUT2D eigenvalue weighted by atomic mass is 10.2. The van der Waals surface area contributed by atoms with Crippen LogP contribution in [-0.4, -0.2) is 42.8 Å². The van der Waals surface area contributed by atoms with Crippen LogP contribution in [-0.2, 0) is 0 Å². The van der Waals surface area contributed by atoms with Crippen molar-refractivity contribution in [2.75, 3.05) is 26.7 Å². The average Bonchev–Trinajstić information content (AvgIpc) is 2.00. The van der Waals surface area contributed by atoms with Crippen LogP contribution in [0.4, 0.5) is 0 Å². The highest BCUT2D eigenvalue weighted by atomic mass is 16.3. The number of hydrogen-bond donors (Lipinski definition) is 2. The Morgan fingerprint density at radius 2 is 2.18 bits per heavy atom. The standard InChI is InChI=1S/C8H20N2O/c1-3-8(11)7-10(2)6-4-5-9/h8,11H,3-7,9H2,1-2H3. The van der Waals surface area contributed by atoms with Crippen molar-refractivity contribution >= 4 is 0 Å². The molecule has 0 bridgehead atoms. The maximum absolute atomic E-state index is 9.25. The number of rotatable bonds is 6. The van der Waals surface area contributed by atoms with Gasteiger partial charge < -0.3 is 15.7 Å². The topological polar surface area (TPSA) is 49.5 Å². The predicted molar refractivity (Wildman–Crippen MR) is 47.5 cm³/mol. The van der Waals surface area contributed by atoms with Gasteiger partial charge in [-0.25, -0.2) is 0 Å². The first-order valence-corrected chi connectivity index (χ1v) is 4.27. The predicted octanol–water partition coefficient (Wildman–Crippen LogP) is 0.0379. The van der Waals surface area contributed by atoms with Crippen LogP contribution >= 0.6 is 0 Å². The van der Waals surface area contributed by atoms with Gasteiger partial charge in [-0.3, -0.25) is 0 Å². The lowest BCUT2D eigenvalue weighted by molar-refractivity contribution is 0.122. The molecule has 0 rings (SSSR count). The maximum Gasteiger partial charge on any atom is 0.0664 e. The minimum atomic E-state index is -0.183. The Hall–Kier alpha value is -0.120. The average molecular weight is 160 g/mol. The van der Waals surface area contributed by atoms with Crippen molar-refractivity contribution in [3.8, 4) is 0 Å². The highest BCUT2D eigenvalue weighted by Gasteiger charge is 2.03. The lowest BCUT2D eigenvalue weighted by Crippen LogP contribution is -2.30.